The largest absolute Gasteiger partial charge is 0.488 e. The number of aliphatic carboxylic acids is 1. The molecule has 0 saturated carbocycles. The van der Waals surface area contributed by atoms with Gasteiger partial charge in [0.15, 0.2) is 6.10 Å². The van der Waals surface area contributed by atoms with Crippen LogP contribution in [0.25, 0.3) is 11.4 Å². The fourth-order valence-electron chi connectivity index (χ4n) is 3.49. The molecular formula is C22H31N5O6. The molecule has 1 aliphatic heterocycles. The van der Waals surface area contributed by atoms with Crippen molar-refractivity contribution in [2.75, 3.05) is 20.2 Å². The zero-order chi connectivity index (χ0) is 24.0. The molecule has 0 unspecified atom stereocenters. The van der Waals surface area contributed by atoms with Gasteiger partial charge in [-0.3, -0.25) is 0 Å². The number of hydrogen-bond acceptors (Lipinski definition) is 8. The first-order valence-electron chi connectivity index (χ1n) is 11.1. The van der Waals surface area contributed by atoms with Crippen LogP contribution in [0.5, 0.6) is 5.75 Å². The Kier molecular flexibility index (Phi) is 8.21. The number of carbonyl (C=O) groups excluding carboxylic acids is 1. The number of carboxylic acid groups (broad SMARTS) is 1. The SMILES string of the molecule is CCCCN(C)C(=O)OCc1c(-c2ccc(O[C@H]3CCO[C@@H](C(=O)O)C3)c(C)n2)nnn1C. The number of hydrogen-bond donors (Lipinski definition) is 1. The van der Waals surface area contributed by atoms with Crippen molar-refractivity contribution in [2.24, 2.45) is 7.05 Å². The average molecular weight is 462 g/mol. The Morgan fingerprint density at radius 2 is 2.15 bits per heavy atom. The van der Waals surface area contributed by atoms with Gasteiger partial charge in [-0.05, 0) is 25.5 Å². The van der Waals surface area contributed by atoms with Crippen LogP contribution in [0.4, 0.5) is 4.79 Å². The molecule has 2 aromatic rings. The summed E-state index contributed by atoms with van der Waals surface area (Å²) in [7, 11) is 3.44. The third kappa shape index (κ3) is 6.19. The van der Waals surface area contributed by atoms with E-state index in [-0.39, 0.29) is 19.1 Å². The normalized spacial score (nSPS) is 18.1. The minimum atomic E-state index is -0.985. The average Bonchev–Trinajstić information content (AvgIpc) is 3.17. The quantitative estimate of drug-likeness (QED) is 0.599. The van der Waals surface area contributed by atoms with Crippen LogP contribution in [-0.4, -0.2) is 74.5 Å². The van der Waals surface area contributed by atoms with Gasteiger partial charge in [-0.1, -0.05) is 18.6 Å². The Balaban J connectivity index is 1.68. The smallest absolute Gasteiger partial charge is 0.409 e. The van der Waals surface area contributed by atoms with Gasteiger partial charge in [-0.2, -0.15) is 0 Å². The highest BCUT2D eigenvalue weighted by Gasteiger charge is 2.29. The molecule has 11 heteroatoms. The molecule has 3 heterocycles. The predicted octanol–water partition coefficient (Wildman–Crippen LogP) is 2.57. The third-order valence-electron chi connectivity index (χ3n) is 5.52. The Hall–Kier alpha value is -3.21. The fraction of sp³-hybridized carbons (Fsp3) is 0.591. The summed E-state index contributed by atoms with van der Waals surface area (Å²) in [6, 6.07) is 3.55. The number of rotatable bonds is 9. The Labute approximate surface area is 192 Å². The lowest BCUT2D eigenvalue weighted by atomic mass is 10.1. The molecule has 1 saturated heterocycles. The molecule has 11 nitrogen and oxygen atoms in total. The van der Waals surface area contributed by atoms with Crippen molar-refractivity contribution >= 4 is 12.1 Å². The molecule has 0 aromatic carbocycles. The summed E-state index contributed by atoms with van der Waals surface area (Å²) in [6.45, 7) is 4.86. The number of carboxylic acids is 1. The maximum atomic E-state index is 12.2. The molecule has 1 N–H and O–H groups in total. The number of aromatic nitrogens is 4. The van der Waals surface area contributed by atoms with Crippen LogP contribution in [0.3, 0.4) is 0 Å². The second-order valence-electron chi connectivity index (χ2n) is 8.08. The van der Waals surface area contributed by atoms with Gasteiger partial charge in [0, 0.05) is 33.5 Å². The number of amides is 1. The van der Waals surface area contributed by atoms with E-state index in [9.17, 15) is 14.7 Å². The van der Waals surface area contributed by atoms with Crippen LogP contribution in [0.1, 0.15) is 44.0 Å². The molecule has 0 radical (unpaired) electrons. The first-order chi connectivity index (χ1) is 15.8. The van der Waals surface area contributed by atoms with E-state index in [1.165, 1.54) is 0 Å². The van der Waals surface area contributed by atoms with Crippen molar-refractivity contribution in [3.63, 3.8) is 0 Å². The van der Waals surface area contributed by atoms with E-state index in [0.717, 1.165) is 12.8 Å². The first-order valence-corrected chi connectivity index (χ1v) is 11.1. The van der Waals surface area contributed by atoms with E-state index in [1.807, 2.05) is 6.92 Å². The lowest BCUT2D eigenvalue weighted by molar-refractivity contribution is -0.156. The van der Waals surface area contributed by atoms with Gasteiger partial charge >= 0.3 is 12.1 Å². The molecule has 0 spiro atoms. The standard InChI is InChI=1S/C22H31N5O6/c1-5-6-10-26(3)22(30)32-13-17-20(24-25-27(17)4)16-7-8-18(14(2)23-16)33-15-9-11-31-19(12-15)21(28)29/h7-8,15,19H,5-6,9-13H2,1-4H3,(H,28,29)/t15-,19+/m0/s1. The maximum absolute atomic E-state index is 12.2. The number of aryl methyl sites for hydroxylation is 2. The monoisotopic (exact) mass is 461 g/mol. The predicted molar refractivity (Wildman–Crippen MR) is 118 cm³/mol. The highest BCUT2D eigenvalue weighted by molar-refractivity contribution is 5.72. The summed E-state index contributed by atoms with van der Waals surface area (Å²) < 4.78 is 18.3. The highest BCUT2D eigenvalue weighted by atomic mass is 16.6. The number of unbranched alkanes of at least 4 members (excludes halogenated alkanes) is 1. The van der Waals surface area contributed by atoms with E-state index < -0.39 is 18.2 Å². The molecular weight excluding hydrogens is 430 g/mol. The van der Waals surface area contributed by atoms with Crippen LogP contribution in [-0.2, 0) is 27.9 Å². The van der Waals surface area contributed by atoms with Crippen LogP contribution in [0, 0.1) is 6.92 Å². The van der Waals surface area contributed by atoms with E-state index in [0.29, 0.717) is 48.1 Å². The van der Waals surface area contributed by atoms with Gasteiger partial charge in [-0.15, -0.1) is 5.10 Å². The van der Waals surface area contributed by atoms with Gasteiger partial charge < -0.3 is 24.2 Å². The summed E-state index contributed by atoms with van der Waals surface area (Å²) in [6.07, 6.45) is 1.27. The van der Waals surface area contributed by atoms with Crippen molar-refractivity contribution in [3.8, 4) is 17.1 Å². The van der Waals surface area contributed by atoms with Crippen LogP contribution < -0.4 is 4.74 Å². The maximum Gasteiger partial charge on any atom is 0.409 e. The topological polar surface area (TPSA) is 129 Å². The van der Waals surface area contributed by atoms with Gasteiger partial charge in [0.1, 0.15) is 29.8 Å². The van der Waals surface area contributed by atoms with Gasteiger partial charge in [-0.25, -0.2) is 19.3 Å². The second kappa shape index (κ2) is 11.1. The van der Waals surface area contributed by atoms with Crippen molar-refractivity contribution in [2.45, 2.75) is 58.3 Å². The van der Waals surface area contributed by atoms with Crippen molar-refractivity contribution in [1.29, 1.82) is 0 Å². The number of pyridine rings is 1. The minimum absolute atomic E-state index is 0.0196. The summed E-state index contributed by atoms with van der Waals surface area (Å²) in [4.78, 5) is 29.6. The summed E-state index contributed by atoms with van der Waals surface area (Å²) in [5.41, 5.74) is 2.36. The van der Waals surface area contributed by atoms with E-state index in [1.54, 1.807) is 35.8 Å². The van der Waals surface area contributed by atoms with Crippen molar-refractivity contribution in [1.82, 2.24) is 24.9 Å². The zero-order valence-electron chi connectivity index (χ0n) is 19.5. The highest BCUT2D eigenvalue weighted by Crippen LogP contribution is 2.27. The van der Waals surface area contributed by atoms with E-state index in [2.05, 4.69) is 22.2 Å². The van der Waals surface area contributed by atoms with E-state index in [4.69, 9.17) is 14.2 Å². The fourth-order valence-corrected chi connectivity index (χ4v) is 3.49. The van der Waals surface area contributed by atoms with Crippen LogP contribution in [0.15, 0.2) is 12.1 Å². The molecule has 180 valence electrons. The number of ether oxygens (including phenoxy) is 3. The molecule has 2 aromatic heterocycles. The molecule has 3 rings (SSSR count). The van der Waals surface area contributed by atoms with Crippen molar-refractivity contribution < 1.29 is 28.9 Å². The van der Waals surface area contributed by atoms with Gasteiger partial charge in [0.25, 0.3) is 0 Å². The molecule has 2 atom stereocenters. The zero-order valence-corrected chi connectivity index (χ0v) is 19.5. The molecule has 1 amide bonds. The van der Waals surface area contributed by atoms with Crippen LogP contribution in [0.2, 0.25) is 0 Å². The van der Waals surface area contributed by atoms with Gasteiger partial charge in [0.2, 0.25) is 0 Å². The second-order valence-corrected chi connectivity index (χ2v) is 8.08. The van der Waals surface area contributed by atoms with Gasteiger partial charge in [0.05, 0.1) is 18.0 Å². The molecule has 33 heavy (non-hydrogen) atoms. The lowest BCUT2D eigenvalue weighted by Gasteiger charge is -2.28. The summed E-state index contributed by atoms with van der Waals surface area (Å²) in [5, 5.41) is 17.4. The minimum Gasteiger partial charge on any atom is -0.488 e. The molecule has 1 aliphatic rings. The molecule has 0 bridgehead atoms. The molecule has 1 fully saturated rings. The Morgan fingerprint density at radius 3 is 2.85 bits per heavy atom. The number of nitrogens with zero attached hydrogens (tertiary/aromatic N) is 5. The molecule has 0 aliphatic carbocycles. The number of carbonyl (C=O) groups is 2. The Bertz CT molecular complexity index is 978. The van der Waals surface area contributed by atoms with Crippen molar-refractivity contribution in [3.05, 3.63) is 23.5 Å². The summed E-state index contributed by atoms with van der Waals surface area (Å²) >= 11 is 0. The first kappa shape index (κ1) is 24.4. The third-order valence-corrected chi connectivity index (χ3v) is 5.52. The summed E-state index contributed by atoms with van der Waals surface area (Å²) in [5.74, 6) is -0.412. The van der Waals surface area contributed by atoms with E-state index >= 15 is 0 Å². The van der Waals surface area contributed by atoms with Crippen LogP contribution >= 0.6 is 0 Å². The lowest BCUT2D eigenvalue weighted by Crippen LogP contribution is -2.37. The Morgan fingerprint density at radius 1 is 1.36 bits per heavy atom.